The van der Waals surface area contributed by atoms with E-state index in [0.29, 0.717) is 6.04 Å². The number of hydrogen-bond donors (Lipinski definition) is 1. The zero-order valence-electron chi connectivity index (χ0n) is 12.8. The van der Waals surface area contributed by atoms with Crippen molar-refractivity contribution in [3.63, 3.8) is 0 Å². The molecular formula is C15H26N4S. The highest BCUT2D eigenvalue weighted by Gasteiger charge is 2.34. The van der Waals surface area contributed by atoms with Crippen molar-refractivity contribution in [2.24, 2.45) is 5.92 Å². The zero-order chi connectivity index (χ0) is 14.1. The molecule has 2 aliphatic heterocycles. The molecule has 3 atom stereocenters. The lowest BCUT2D eigenvalue weighted by atomic mass is 9.84. The fraction of sp³-hybridized carbons (Fsp3) is 0.800. The Morgan fingerprint density at radius 3 is 3.05 bits per heavy atom. The molecule has 0 amide bonds. The second-order valence-corrected chi connectivity index (χ2v) is 7.28. The van der Waals surface area contributed by atoms with Crippen molar-refractivity contribution < 1.29 is 0 Å². The number of fused-ring (bicyclic) bond motifs is 1. The molecule has 1 aromatic rings. The van der Waals surface area contributed by atoms with Gasteiger partial charge in [-0.15, -0.1) is 11.3 Å². The van der Waals surface area contributed by atoms with Gasteiger partial charge in [-0.1, -0.05) is 0 Å². The molecule has 112 valence electrons. The molecule has 0 aliphatic carbocycles. The number of nitrogens with zero attached hydrogens (tertiary/aromatic N) is 3. The van der Waals surface area contributed by atoms with Crippen LogP contribution in [0.3, 0.4) is 0 Å². The van der Waals surface area contributed by atoms with Gasteiger partial charge in [-0.25, -0.2) is 4.98 Å². The van der Waals surface area contributed by atoms with Gasteiger partial charge < -0.3 is 15.1 Å². The van der Waals surface area contributed by atoms with E-state index < -0.39 is 0 Å². The Hall–Kier alpha value is -0.650. The van der Waals surface area contributed by atoms with Gasteiger partial charge in [0.1, 0.15) is 0 Å². The minimum absolute atomic E-state index is 0.402. The van der Waals surface area contributed by atoms with Crippen LogP contribution in [-0.2, 0) is 0 Å². The number of hydrogen-bond acceptors (Lipinski definition) is 5. The summed E-state index contributed by atoms with van der Waals surface area (Å²) in [6, 6.07) is 1.20. The van der Waals surface area contributed by atoms with E-state index in [0.717, 1.165) is 18.5 Å². The smallest absolute Gasteiger partial charge is 0.185 e. The average molecular weight is 294 g/mol. The van der Waals surface area contributed by atoms with Crippen LogP contribution in [0, 0.1) is 5.92 Å². The zero-order valence-corrected chi connectivity index (χ0v) is 13.6. The van der Waals surface area contributed by atoms with Crippen LogP contribution in [0.4, 0.5) is 5.13 Å². The molecule has 0 bridgehead atoms. The van der Waals surface area contributed by atoms with Crippen molar-refractivity contribution in [2.75, 3.05) is 38.6 Å². The summed E-state index contributed by atoms with van der Waals surface area (Å²) < 4.78 is 0. The minimum Gasteiger partial charge on any atom is -0.348 e. The predicted molar refractivity (Wildman–Crippen MR) is 85.6 cm³/mol. The van der Waals surface area contributed by atoms with E-state index in [1.807, 2.05) is 24.6 Å². The second-order valence-electron chi connectivity index (χ2n) is 6.24. The Balaban J connectivity index is 1.68. The SMILES string of the molecule is CNC(C)c1cnc(N2CCC3C(CCCN3C)C2)s1. The molecule has 2 aliphatic rings. The first-order valence-electron chi connectivity index (χ1n) is 7.77. The van der Waals surface area contributed by atoms with Gasteiger partial charge in [0.15, 0.2) is 5.13 Å². The van der Waals surface area contributed by atoms with Gasteiger partial charge in [-0.2, -0.15) is 0 Å². The fourth-order valence-electron chi connectivity index (χ4n) is 3.59. The third-order valence-electron chi connectivity index (χ3n) is 4.99. The molecule has 2 fully saturated rings. The van der Waals surface area contributed by atoms with E-state index in [4.69, 9.17) is 0 Å². The lowest BCUT2D eigenvalue weighted by molar-refractivity contribution is 0.102. The molecule has 5 heteroatoms. The summed E-state index contributed by atoms with van der Waals surface area (Å²) >= 11 is 1.85. The highest BCUT2D eigenvalue weighted by atomic mass is 32.1. The molecule has 1 aromatic heterocycles. The van der Waals surface area contributed by atoms with Crippen molar-refractivity contribution in [3.8, 4) is 0 Å². The molecule has 0 saturated carbocycles. The maximum Gasteiger partial charge on any atom is 0.185 e. The molecule has 0 aromatic carbocycles. The average Bonchev–Trinajstić information content (AvgIpc) is 2.96. The highest BCUT2D eigenvalue weighted by Crippen LogP contribution is 2.34. The van der Waals surface area contributed by atoms with Crippen molar-refractivity contribution in [1.82, 2.24) is 15.2 Å². The number of rotatable bonds is 3. The van der Waals surface area contributed by atoms with Gasteiger partial charge in [0.05, 0.1) is 0 Å². The van der Waals surface area contributed by atoms with Gasteiger partial charge in [-0.3, -0.25) is 0 Å². The summed E-state index contributed by atoms with van der Waals surface area (Å²) in [4.78, 5) is 11.1. The number of piperidine rings is 2. The number of anilines is 1. The molecule has 2 saturated heterocycles. The van der Waals surface area contributed by atoms with Gasteiger partial charge in [0.25, 0.3) is 0 Å². The summed E-state index contributed by atoms with van der Waals surface area (Å²) in [7, 11) is 4.30. The molecule has 3 heterocycles. The molecule has 3 unspecified atom stereocenters. The number of thiazole rings is 1. The minimum atomic E-state index is 0.402. The maximum atomic E-state index is 4.66. The highest BCUT2D eigenvalue weighted by molar-refractivity contribution is 7.15. The summed E-state index contributed by atoms with van der Waals surface area (Å²) in [5.74, 6) is 0.830. The first-order valence-corrected chi connectivity index (χ1v) is 8.59. The molecule has 1 N–H and O–H groups in total. The quantitative estimate of drug-likeness (QED) is 0.927. The van der Waals surface area contributed by atoms with E-state index in [1.165, 1.54) is 42.4 Å². The Morgan fingerprint density at radius 2 is 2.25 bits per heavy atom. The van der Waals surface area contributed by atoms with Gasteiger partial charge >= 0.3 is 0 Å². The summed E-state index contributed by atoms with van der Waals surface area (Å²) in [6.07, 6.45) is 6.07. The van der Waals surface area contributed by atoms with E-state index >= 15 is 0 Å². The normalized spacial score (nSPS) is 29.2. The summed E-state index contributed by atoms with van der Waals surface area (Å²) in [5, 5.41) is 4.51. The van der Waals surface area contributed by atoms with E-state index in [1.54, 1.807) is 0 Å². The Kier molecular flexibility index (Phi) is 4.29. The first kappa shape index (κ1) is 14.3. The molecule has 20 heavy (non-hydrogen) atoms. The number of aromatic nitrogens is 1. The third-order valence-corrected chi connectivity index (χ3v) is 6.23. The summed E-state index contributed by atoms with van der Waals surface area (Å²) in [5.41, 5.74) is 0. The molecular weight excluding hydrogens is 268 g/mol. The molecule has 4 nitrogen and oxygen atoms in total. The molecule has 0 radical (unpaired) electrons. The fourth-order valence-corrected chi connectivity index (χ4v) is 4.60. The topological polar surface area (TPSA) is 31.4 Å². The molecule has 3 rings (SSSR count). The van der Waals surface area contributed by atoms with Crippen LogP contribution in [-0.4, -0.2) is 49.7 Å². The van der Waals surface area contributed by atoms with Gasteiger partial charge in [0, 0.05) is 36.2 Å². The van der Waals surface area contributed by atoms with Gasteiger partial charge in [-0.05, 0) is 52.7 Å². The predicted octanol–water partition coefficient (Wildman–Crippen LogP) is 2.34. The van der Waals surface area contributed by atoms with Crippen molar-refractivity contribution >= 4 is 16.5 Å². The van der Waals surface area contributed by atoms with E-state index in [2.05, 4.69) is 34.1 Å². The maximum absolute atomic E-state index is 4.66. The number of likely N-dealkylation sites (tertiary alicyclic amines) is 1. The number of nitrogens with one attached hydrogen (secondary N) is 1. The van der Waals surface area contributed by atoms with Crippen molar-refractivity contribution in [3.05, 3.63) is 11.1 Å². The second kappa shape index (κ2) is 6.00. The standard InChI is InChI=1S/C15H26N4S/c1-11(16-2)14-9-17-15(20-14)19-8-6-13-12(10-19)5-4-7-18(13)3/h9,11-13,16H,4-8,10H2,1-3H3. The van der Waals surface area contributed by atoms with Crippen LogP contribution >= 0.6 is 11.3 Å². The first-order chi connectivity index (χ1) is 9.69. The van der Waals surface area contributed by atoms with E-state index in [-0.39, 0.29) is 0 Å². The van der Waals surface area contributed by atoms with Crippen molar-refractivity contribution in [1.29, 1.82) is 0 Å². The van der Waals surface area contributed by atoms with E-state index in [9.17, 15) is 0 Å². The van der Waals surface area contributed by atoms with Gasteiger partial charge in [0.2, 0.25) is 0 Å². The lowest BCUT2D eigenvalue weighted by Crippen LogP contribution is -2.52. The Morgan fingerprint density at radius 1 is 1.40 bits per heavy atom. The van der Waals surface area contributed by atoms with Crippen LogP contribution < -0.4 is 10.2 Å². The monoisotopic (exact) mass is 294 g/mol. The van der Waals surface area contributed by atoms with Crippen LogP contribution in [0.2, 0.25) is 0 Å². The Bertz CT molecular complexity index is 447. The van der Waals surface area contributed by atoms with Crippen LogP contribution in [0.1, 0.15) is 37.1 Å². The molecule has 0 spiro atoms. The summed E-state index contributed by atoms with van der Waals surface area (Å²) in [6.45, 7) is 5.82. The van der Waals surface area contributed by atoms with Crippen LogP contribution in [0.5, 0.6) is 0 Å². The largest absolute Gasteiger partial charge is 0.348 e. The van der Waals surface area contributed by atoms with Crippen molar-refractivity contribution in [2.45, 2.75) is 38.3 Å². The third kappa shape index (κ3) is 2.71. The van der Waals surface area contributed by atoms with Crippen LogP contribution in [0.25, 0.3) is 0 Å². The van der Waals surface area contributed by atoms with Crippen LogP contribution in [0.15, 0.2) is 6.20 Å². The Labute approximate surface area is 126 Å². The lowest BCUT2D eigenvalue weighted by Gasteiger charge is -2.45.